The predicted octanol–water partition coefficient (Wildman–Crippen LogP) is 3.31. The summed E-state index contributed by atoms with van der Waals surface area (Å²) in [6.07, 6.45) is 6.03. The van der Waals surface area contributed by atoms with E-state index < -0.39 is 0 Å². The molecule has 0 unspecified atom stereocenters. The second-order valence-electron chi connectivity index (χ2n) is 5.81. The molecule has 0 N–H and O–H groups in total. The third kappa shape index (κ3) is 2.96. The topological polar surface area (TPSA) is 60.2 Å². The Bertz CT molecular complexity index is 1160. The summed E-state index contributed by atoms with van der Waals surface area (Å²) in [6, 6.07) is 13.0. The van der Waals surface area contributed by atoms with Crippen molar-refractivity contribution < 1.29 is 4.79 Å². The van der Waals surface area contributed by atoms with Gasteiger partial charge in [-0.3, -0.25) is 9.78 Å². The molecule has 0 saturated heterocycles. The molecular weight excluding hydrogens is 324 g/mol. The number of carbonyl (C=O) groups excluding carboxylic acids is 1. The maximum atomic E-state index is 10.8. The number of rotatable bonds is 2. The minimum absolute atomic E-state index is 0.635. The third-order valence-corrected chi connectivity index (χ3v) is 4.07. The van der Waals surface area contributed by atoms with Crippen LogP contribution in [0.4, 0.5) is 0 Å². The number of nitrogens with zero attached hydrogens (tertiary/aromatic N) is 4. The molecule has 0 aliphatic carbocycles. The molecule has 4 aromatic rings. The van der Waals surface area contributed by atoms with Gasteiger partial charge in [-0.15, -0.1) is 0 Å². The average molecular weight is 338 g/mol. The lowest BCUT2D eigenvalue weighted by molar-refractivity contribution is 0.112. The first-order valence-electron chi connectivity index (χ1n) is 8.07. The van der Waals surface area contributed by atoms with Gasteiger partial charge in [0.05, 0.1) is 11.9 Å². The Morgan fingerprint density at radius 1 is 1.00 bits per heavy atom. The first-order chi connectivity index (χ1) is 12.7. The number of benzene rings is 1. The summed E-state index contributed by atoms with van der Waals surface area (Å²) >= 11 is 0. The molecule has 0 radical (unpaired) electrons. The van der Waals surface area contributed by atoms with Crippen LogP contribution in [-0.4, -0.2) is 25.9 Å². The van der Waals surface area contributed by atoms with Gasteiger partial charge in [0.2, 0.25) is 0 Å². The number of carbonyl (C=O) groups is 1. The molecule has 0 bridgehead atoms. The van der Waals surface area contributed by atoms with E-state index in [1.807, 2.05) is 37.3 Å². The summed E-state index contributed by atoms with van der Waals surface area (Å²) in [5.74, 6) is 6.25. The molecule has 0 fully saturated rings. The van der Waals surface area contributed by atoms with Gasteiger partial charge < -0.3 is 0 Å². The smallest absolute Gasteiger partial charge is 0.154 e. The normalized spacial score (nSPS) is 10.3. The van der Waals surface area contributed by atoms with Gasteiger partial charge in [-0.05, 0) is 36.6 Å². The largest absolute Gasteiger partial charge is 0.298 e. The van der Waals surface area contributed by atoms with Gasteiger partial charge in [-0.1, -0.05) is 30.2 Å². The van der Waals surface area contributed by atoms with Crippen LogP contribution in [0.15, 0.2) is 61.1 Å². The van der Waals surface area contributed by atoms with Gasteiger partial charge >= 0.3 is 0 Å². The van der Waals surface area contributed by atoms with Crippen molar-refractivity contribution >= 4 is 11.9 Å². The molecule has 3 aromatic heterocycles. The van der Waals surface area contributed by atoms with Gasteiger partial charge in [0.1, 0.15) is 12.0 Å². The molecule has 124 valence electrons. The molecule has 0 amide bonds. The molecule has 0 atom stereocenters. The number of aldehydes is 1. The van der Waals surface area contributed by atoms with Crippen molar-refractivity contribution in [1.82, 2.24) is 19.6 Å². The lowest BCUT2D eigenvalue weighted by atomic mass is 10.1. The highest BCUT2D eigenvalue weighted by Crippen LogP contribution is 2.18. The van der Waals surface area contributed by atoms with E-state index in [9.17, 15) is 4.79 Å². The second-order valence-corrected chi connectivity index (χ2v) is 5.81. The van der Waals surface area contributed by atoms with Crippen LogP contribution in [-0.2, 0) is 0 Å². The van der Waals surface area contributed by atoms with Gasteiger partial charge in [0.25, 0.3) is 0 Å². The minimum Gasteiger partial charge on any atom is -0.298 e. The Labute approximate surface area is 150 Å². The molecule has 0 aliphatic heterocycles. The van der Waals surface area contributed by atoms with Gasteiger partial charge in [-0.25, -0.2) is 9.50 Å². The zero-order valence-electron chi connectivity index (χ0n) is 14.0. The molecule has 0 saturated carbocycles. The van der Waals surface area contributed by atoms with Crippen molar-refractivity contribution in [2.75, 3.05) is 0 Å². The molecule has 3 heterocycles. The first-order valence-corrected chi connectivity index (χ1v) is 8.07. The van der Waals surface area contributed by atoms with Crippen LogP contribution in [0.5, 0.6) is 0 Å². The lowest BCUT2D eigenvalue weighted by Crippen LogP contribution is -1.97. The van der Waals surface area contributed by atoms with E-state index in [0.717, 1.165) is 34.3 Å². The minimum atomic E-state index is 0.635. The van der Waals surface area contributed by atoms with Gasteiger partial charge in [0, 0.05) is 29.1 Å². The van der Waals surface area contributed by atoms with Crippen LogP contribution in [0.25, 0.3) is 16.9 Å². The summed E-state index contributed by atoms with van der Waals surface area (Å²) in [7, 11) is 0. The zero-order chi connectivity index (χ0) is 17.9. The van der Waals surface area contributed by atoms with Gasteiger partial charge in [-0.2, -0.15) is 5.10 Å². The standard InChI is InChI=1S/C21H14N4O/c1-15-10-11-22-12-18(15)6-7-19-13-23-21-9-8-20(24-25(19)21)17-4-2-16(14-26)3-5-17/h2-5,8-14H,1H3. The average Bonchev–Trinajstić information content (AvgIpc) is 3.10. The maximum Gasteiger partial charge on any atom is 0.154 e. The summed E-state index contributed by atoms with van der Waals surface area (Å²) < 4.78 is 1.72. The van der Waals surface area contributed by atoms with E-state index in [4.69, 9.17) is 0 Å². The van der Waals surface area contributed by atoms with Crippen LogP contribution in [0, 0.1) is 18.8 Å². The van der Waals surface area contributed by atoms with Crippen molar-refractivity contribution in [3.8, 4) is 23.1 Å². The van der Waals surface area contributed by atoms with E-state index in [0.29, 0.717) is 11.3 Å². The molecule has 26 heavy (non-hydrogen) atoms. The number of hydrogen-bond donors (Lipinski definition) is 0. The highest BCUT2D eigenvalue weighted by Gasteiger charge is 2.06. The molecule has 0 aliphatic rings. The molecule has 4 rings (SSSR count). The zero-order valence-corrected chi connectivity index (χ0v) is 14.0. The van der Waals surface area contributed by atoms with E-state index in [2.05, 4.69) is 26.9 Å². The van der Waals surface area contributed by atoms with E-state index in [1.165, 1.54) is 0 Å². The Morgan fingerprint density at radius 2 is 1.85 bits per heavy atom. The number of pyridine rings is 1. The van der Waals surface area contributed by atoms with Crippen molar-refractivity contribution in [2.24, 2.45) is 0 Å². The van der Waals surface area contributed by atoms with E-state index >= 15 is 0 Å². The number of imidazole rings is 1. The second kappa shape index (κ2) is 6.61. The fourth-order valence-electron chi connectivity index (χ4n) is 2.57. The third-order valence-electron chi connectivity index (χ3n) is 4.07. The fraction of sp³-hybridized carbons (Fsp3) is 0.0476. The van der Waals surface area contributed by atoms with E-state index in [-0.39, 0.29) is 0 Å². The summed E-state index contributed by atoms with van der Waals surface area (Å²) in [6.45, 7) is 2.00. The number of aryl methyl sites for hydroxylation is 1. The number of hydrogen-bond acceptors (Lipinski definition) is 4. The monoisotopic (exact) mass is 338 g/mol. The number of fused-ring (bicyclic) bond motifs is 1. The van der Waals surface area contributed by atoms with Crippen molar-refractivity contribution in [2.45, 2.75) is 6.92 Å². The SMILES string of the molecule is Cc1ccncc1C#Cc1cnc2ccc(-c3ccc(C=O)cc3)nn12. The van der Waals surface area contributed by atoms with Crippen LogP contribution in [0.3, 0.4) is 0 Å². The van der Waals surface area contributed by atoms with Crippen molar-refractivity contribution in [1.29, 1.82) is 0 Å². The molecule has 1 aromatic carbocycles. The highest BCUT2D eigenvalue weighted by molar-refractivity contribution is 5.76. The maximum absolute atomic E-state index is 10.8. The lowest BCUT2D eigenvalue weighted by Gasteiger charge is -2.02. The Hall–Kier alpha value is -3.78. The molecule has 5 nitrogen and oxygen atoms in total. The molecule has 0 spiro atoms. The molecule has 5 heteroatoms. The van der Waals surface area contributed by atoms with Crippen molar-refractivity contribution in [3.63, 3.8) is 0 Å². The molecular formula is C21H14N4O. The Balaban J connectivity index is 1.75. The van der Waals surface area contributed by atoms with Crippen molar-refractivity contribution in [3.05, 3.63) is 83.4 Å². The van der Waals surface area contributed by atoms with Crippen LogP contribution >= 0.6 is 0 Å². The quantitative estimate of drug-likeness (QED) is 0.416. The Kier molecular flexibility index (Phi) is 4.00. The summed E-state index contributed by atoms with van der Waals surface area (Å²) in [4.78, 5) is 19.3. The summed E-state index contributed by atoms with van der Waals surface area (Å²) in [5, 5.41) is 4.64. The fourth-order valence-corrected chi connectivity index (χ4v) is 2.57. The van der Waals surface area contributed by atoms with Crippen LogP contribution in [0.1, 0.15) is 27.2 Å². The van der Waals surface area contributed by atoms with Gasteiger partial charge in [0.15, 0.2) is 5.65 Å². The predicted molar refractivity (Wildman–Crippen MR) is 98.8 cm³/mol. The number of aromatic nitrogens is 4. The van der Waals surface area contributed by atoms with Crippen LogP contribution < -0.4 is 0 Å². The summed E-state index contributed by atoms with van der Waals surface area (Å²) in [5.41, 5.74) is 5.73. The van der Waals surface area contributed by atoms with E-state index in [1.54, 1.807) is 35.2 Å². The first kappa shape index (κ1) is 15.7. The highest BCUT2D eigenvalue weighted by atomic mass is 16.1. The van der Waals surface area contributed by atoms with Crippen LogP contribution in [0.2, 0.25) is 0 Å². The Morgan fingerprint density at radius 3 is 2.62 bits per heavy atom.